The molecule has 0 spiro atoms. The molecule has 2 fully saturated rings. The summed E-state index contributed by atoms with van der Waals surface area (Å²) in [6.45, 7) is 1.69. The first-order chi connectivity index (χ1) is 10.6. The van der Waals surface area contributed by atoms with Crippen molar-refractivity contribution in [2.45, 2.75) is 12.8 Å². The third kappa shape index (κ3) is 2.94. The largest absolute Gasteiger partial charge is 0.339 e. The Balaban J connectivity index is 1.76. The number of thiocarbonyl (C=S) groups is 1. The predicted octanol–water partition coefficient (Wildman–Crippen LogP) is 2.75. The van der Waals surface area contributed by atoms with Crippen molar-refractivity contribution in [3.63, 3.8) is 0 Å². The Morgan fingerprint density at radius 2 is 1.86 bits per heavy atom. The summed E-state index contributed by atoms with van der Waals surface area (Å²) in [6.07, 6.45) is 3.98. The van der Waals surface area contributed by atoms with Gasteiger partial charge in [0.15, 0.2) is 0 Å². The monoisotopic (exact) mass is 332 g/mol. The number of hydrogen-bond donors (Lipinski definition) is 0. The van der Waals surface area contributed by atoms with E-state index in [0.29, 0.717) is 14.8 Å². The van der Waals surface area contributed by atoms with Crippen LogP contribution in [0.15, 0.2) is 29.2 Å². The standard InChI is InChI=1S/C16H16N2O2S2/c1-17-15(20)13(22-16(17)21)10-11-4-6-12(7-5-11)14(19)18-8-2-3-9-18/h4-7,10H,2-3,8-9H2,1H3/b13-10-. The molecule has 1 aromatic carbocycles. The summed E-state index contributed by atoms with van der Waals surface area (Å²) in [7, 11) is 1.68. The van der Waals surface area contributed by atoms with Crippen molar-refractivity contribution in [1.29, 1.82) is 0 Å². The molecule has 22 heavy (non-hydrogen) atoms. The van der Waals surface area contributed by atoms with Crippen molar-refractivity contribution in [2.75, 3.05) is 20.1 Å². The number of nitrogens with zero attached hydrogens (tertiary/aromatic N) is 2. The zero-order chi connectivity index (χ0) is 15.7. The third-order valence-corrected chi connectivity index (χ3v) is 5.32. The molecule has 2 amide bonds. The number of thioether (sulfide) groups is 1. The summed E-state index contributed by atoms with van der Waals surface area (Å²) in [4.78, 5) is 28.2. The molecule has 0 saturated carbocycles. The van der Waals surface area contributed by atoms with E-state index in [-0.39, 0.29) is 11.8 Å². The number of amides is 2. The maximum Gasteiger partial charge on any atom is 0.265 e. The van der Waals surface area contributed by atoms with E-state index in [2.05, 4.69) is 0 Å². The number of hydrogen-bond acceptors (Lipinski definition) is 4. The second-order valence-electron chi connectivity index (χ2n) is 5.36. The fourth-order valence-corrected chi connectivity index (χ4v) is 3.70. The van der Waals surface area contributed by atoms with Crippen molar-refractivity contribution in [2.24, 2.45) is 0 Å². The molecule has 0 radical (unpaired) electrons. The normalized spacial score (nSPS) is 20.3. The van der Waals surface area contributed by atoms with Crippen molar-refractivity contribution in [1.82, 2.24) is 9.80 Å². The van der Waals surface area contributed by atoms with Crippen LogP contribution in [-0.4, -0.2) is 46.1 Å². The van der Waals surface area contributed by atoms with Gasteiger partial charge in [-0.15, -0.1) is 0 Å². The van der Waals surface area contributed by atoms with Crippen LogP contribution in [0, 0.1) is 0 Å². The first-order valence-corrected chi connectivity index (χ1v) is 8.39. The van der Waals surface area contributed by atoms with E-state index in [1.807, 2.05) is 35.2 Å². The highest BCUT2D eigenvalue weighted by Crippen LogP contribution is 2.31. The predicted molar refractivity (Wildman–Crippen MR) is 92.5 cm³/mol. The molecule has 2 aliphatic rings. The van der Waals surface area contributed by atoms with Crippen LogP contribution in [0.5, 0.6) is 0 Å². The van der Waals surface area contributed by atoms with Crippen LogP contribution in [0.25, 0.3) is 6.08 Å². The molecule has 1 aromatic rings. The Kier molecular flexibility index (Phi) is 4.31. The molecule has 0 N–H and O–H groups in total. The molecule has 6 heteroatoms. The Morgan fingerprint density at radius 3 is 2.41 bits per heavy atom. The minimum Gasteiger partial charge on any atom is -0.339 e. The average molecular weight is 332 g/mol. The number of rotatable bonds is 2. The lowest BCUT2D eigenvalue weighted by molar-refractivity contribution is -0.121. The first kappa shape index (κ1) is 15.2. The summed E-state index contributed by atoms with van der Waals surface area (Å²) in [5, 5.41) is 0. The van der Waals surface area contributed by atoms with Gasteiger partial charge in [-0.25, -0.2) is 0 Å². The lowest BCUT2D eigenvalue weighted by Gasteiger charge is -2.15. The number of likely N-dealkylation sites (tertiary alicyclic amines) is 1. The van der Waals surface area contributed by atoms with Crippen molar-refractivity contribution in [3.05, 3.63) is 40.3 Å². The fourth-order valence-electron chi connectivity index (χ4n) is 2.52. The van der Waals surface area contributed by atoms with E-state index in [9.17, 15) is 9.59 Å². The summed E-state index contributed by atoms with van der Waals surface area (Å²) < 4.78 is 0.567. The highest BCUT2D eigenvalue weighted by Gasteiger charge is 2.28. The molecule has 114 valence electrons. The van der Waals surface area contributed by atoms with Gasteiger partial charge in [-0.05, 0) is 36.6 Å². The van der Waals surface area contributed by atoms with Gasteiger partial charge in [0.05, 0.1) is 4.91 Å². The van der Waals surface area contributed by atoms with Crippen LogP contribution in [0.3, 0.4) is 0 Å². The van der Waals surface area contributed by atoms with E-state index < -0.39 is 0 Å². The Bertz CT molecular complexity index is 661. The Morgan fingerprint density at radius 1 is 1.23 bits per heavy atom. The molecule has 2 aliphatic heterocycles. The molecule has 0 aliphatic carbocycles. The van der Waals surface area contributed by atoms with Crippen LogP contribution in [0.1, 0.15) is 28.8 Å². The lowest BCUT2D eigenvalue weighted by Crippen LogP contribution is -2.27. The third-order valence-electron chi connectivity index (χ3n) is 3.84. The van der Waals surface area contributed by atoms with Crippen LogP contribution in [0.4, 0.5) is 0 Å². The smallest absolute Gasteiger partial charge is 0.265 e. The van der Waals surface area contributed by atoms with Gasteiger partial charge in [-0.3, -0.25) is 14.5 Å². The molecule has 2 saturated heterocycles. The fraction of sp³-hybridized carbons (Fsp3) is 0.312. The van der Waals surface area contributed by atoms with Crippen LogP contribution in [-0.2, 0) is 4.79 Å². The van der Waals surface area contributed by atoms with E-state index in [1.54, 1.807) is 7.05 Å². The highest BCUT2D eigenvalue weighted by molar-refractivity contribution is 8.26. The van der Waals surface area contributed by atoms with Gasteiger partial charge in [-0.1, -0.05) is 36.1 Å². The maximum atomic E-state index is 12.3. The maximum absolute atomic E-state index is 12.3. The molecule has 0 unspecified atom stereocenters. The van der Waals surface area contributed by atoms with Crippen LogP contribution >= 0.6 is 24.0 Å². The Hall–Kier alpha value is -1.66. The lowest BCUT2D eigenvalue weighted by atomic mass is 10.1. The molecule has 0 aromatic heterocycles. The molecule has 0 bridgehead atoms. The number of carbonyl (C=O) groups excluding carboxylic acids is 2. The van der Waals surface area contributed by atoms with Crippen molar-refractivity contribution >= 4 is 46.2 Å². The number of likely N-dealkylation sites (N-methyl/N-ethyl adjacent to an activating group) is 1. The van der Waals surface area contributed by atoms with Gasteiger partial charge in [-0.2, -0.15) is 0 Å². The molecule has 2 heterocycles. The minimum atomic E-state index is -0.0766. The van der Waals surface area contributed by atoms with E-state index in [0.717, 1.165) is 31.5 Å². The van der Waals surface area contributed by atoms with Gasteiger partial charge in [0, 0.05) is 25.7 Å². The zero-order valence-corrected chi connectivity index (χ0v) is 13.9. The topological polar surface area (TPSA) is 40.6 Å². The Labute approximate surface area is 139 Å². The first-order valence-electron chi connectivity index (χ1n) is 7.17. The highest BCUT2D eigenvalue weighted by atomic mass is 32.2. The molecule has 4 nitrogen and oxygen atoms in total. The summed E-state index contributed by atoms with van der Waals surface area (Å²) in [5.41, 5.74) is 1.59. The second kappa shape index (κ2) is 6.22. The molecular weight excluding hydrogens is 316 g/mol. The van der Waals surface area contributed by atoms with Gasteiger partial charge in [0.1, 0.15) is 4.32 Å². The SMILES string of the molecule is CN1C(=O)/C(=C/c2ccc(C(=O)N3CCCC3)cc2)SC1=S. The van der Waals surface area contributed by atoms with Crippen molar-refractivity contribution < 1.29 is 9.59 Å². The number of carbonyl (C=O) groups is 2. The van der Waals surface area contributed by atoms with Crippen molar-refractivity contribution in [3.8, 4) is 0 Å². The molecular formula is C16H16N2O2S2. The van der Waals surface area contributed by atoms with Gasteiger partial charge < -0.3 is 4.90 Å². The van der Waals surface area contributed by atoms with Gasteiger partial charge in [0.25, 0.3) is 11.8 Å². The summed E-state index contributed by atoms with van der Waals surface area (Å²) in [5.74, 6) is 0.0103. The summed E-state index contributed by atoms with van der Waals surface area (Å²) in [6, 6.07) is 7.37. The van der Waals surface area contributed by atoms with E-state index >= 15 is 0 Å². The average Bonchev–Trinajstić information content (AvgIpc) is 3.13. The molecule has 3 rings (SSSR count). The zero-order valence-electron chi connectivity index (χ0n) is 12.2. The van der Waals surface area contributed by atoms with Gasteiger partial charge >= 0.3 is 0 Å². The quantitative estimate of drug-likeness (QED) is 0.617. The minimum absolute atomic E-state index is 0.0766. The number of benzene rings is 1. The van der Waals surface area contributed by atoms with Crippen LogP contribution in [0.2, 0.25) is 0 Å². The summed E-state index contributed by atoms with van der Waals surface area (Å²) >= 11 is 6.41. The van der Waals surface area contributed by atoms with E-state index in [4.69, 9.17) is 12.2 Å². The molecule has 0 atom stereocenters. The van der Waals surface area contributed by atoms with Gasteiger partial charge in [0.2, 0.25) is 0 Å². The second-order valence-corrected chi connectivity index (χ2v) is 7.04. The van der Waals surface area contributed by atoms with E-state index in [1.165, 1.54) is 16.7 Å². The van der Waals surface area contributed by atoms with Crippen LogP contribution < -0.4 is 0 Å².